The molecule has 7 rings (SSSR count). The van der Waals surface area contributed by atoms with Gasteiger partial charge in [0.25, 0.3) is 0 Å². The molecule has 0 radical (unpaired) electrons. The summed E-state index contributed by atoms with van der Waals surface area (Å²) >= 11 is 0. The van der Waals surface area contributed by atoms with Crippen LogP contribution >= 0.6 is 0 Å². The molecule has 38 heavy (non-hydrogen) atoms. The van der Waals surface area contributed by atoms with Crippen LogP contribution in [0, 0.1) is 0 Å². The van der Waals surface area contributed by atoms with Gasteiger partial charge in [-0.25, -0.2) is 0 Å². The number of nitrogens with zero attached hydrogens (tertiary/aromatic N) is 4. The highest BCUT2D eigenvalue weighted by atomic mass is 15.1. The van der Waals surface area contributed by atoms with Crippen LogP contribution in [-0.4, -0.2) is 19.1 Å². The van der Waals surface area contributed by atoms with Crippen molar-refractivity contribution in [3.8, 4) is 34.2 Å². The highest BCUT2D eigenvalue weighted by Crippen LogP contribution is 2.45. The fourth-order valence-corrected chi connectivity index (χ4v) is 5.29. The topological polar surface area (TPSA) is 87.7 Å². The van der Waals surface area contributed by atoms with Crippen molar-refractivity contribution in [1.82, 2.24) is 19.1 Å². The molecule has 6 nitrogen and oxygen atoms in total. The van der Waals surface area contributed by atoms with Gasteiger partial charge in [0.1, 0.15) is 0 Å². The average molecular weight is 493 g/mol. The summed E-state index contributed by atoms with van der Waals surface area (Å²) in [7, 11) is 0. The first-order valence-electron chi connectivity index (χ1n) is 12.4. The summed E-state index contributed by atoms with van der Waals surface area (Å²) in [4.78, 5) is 9.20. The van der Waals surface area contributed by atoms with Gasteiger partial charge in [-0.3, -0.25) is 9.97 Å². The Bertz CT molecular complexity index is 1920. The molecule has 7 aromatic rings. The third-order valence-corrected chi connectivity index (χ3v) is 7.00. The summed E-state index contributed by atoms with van der Waals surface area (Å²) in [6.07, 6.45) is 3.64. The molecule has 0 atom stereocenters. The standard InChI is InChI=1S/C32H24N6/c33-29-23-12-4-6-15-27(23)37(21-10-2-1-3-11-21)31(29)32-30(34)24-13-5-7-16-28(24)38(32)22-17-18-26(36-20-22)25-14-8-9-19-35-25/h1-20H,33-34H2. The fraction of sp³-hybridized carbons (Fsp3) is 0. The third-order valence-electron chi connectivity index (χ3n) is 7.00. The first-order chi connectivity index (χ1) is 18.7. The van der Waals surface area contributed by atoms with Gasteiger partial charge in [0.05, 0.1) is 57.1 Å². The van der Waals surface area contributed by atoms with Crippen molar-refractivity contribution in [2.24, 2.45) is 0 Å². The van der Waals surface area contributed by atoms with Crippen molar-refractivity contribution in [1.29, 1.82) is 0 Å². The zero-order valence-corrected chi connectivity index (χ0v) is 20.5. The second-order valence-corrected chi connectivity index (χ2v) is 9.18. The van der Waals surface area contributed by atoms with Crippen molar-refractivity contribution in [3.05, 3.63) is 122 Å². The van der Waals surface area contributed by atoms with E-state index in [0.29, 0.717) is 11.4 Å². The van der Waals surface area contributed by atoms with E-state index in [0.717, 1.165) is 56.0 Å². The fourth-order valence-electron chi connectivity index (χ4n) is 5.29. The van der Waals surface area contributed by atoms with Gasteiger partial charge in [0, 0.05) is 22.7 Å². The average Bonchev–Trinajstić information content (AvgIpc) is 3.44. The molecular formula is C32H24N6. The van der Waals surface area contributed by atoms with Crippen molar-refractivity contribution >= 4 is 33.2 Å². The lowest BCUT2D eigenvalue weighted by Crippen LogP contribution is -2.05. The van der Waals surface area contributed by atoms with Crippen LogP contribution in [0.5, 0.6) is 0 Å². The number of fused-ring (bicyclic) bond motifs is 2. The molecule has 4 heterocycles. The van der Waals surface area contributed by atoms with Crippen molar-refractivity contribution < 1.29 is 0 Å². The molecule has 0 saturated carbocycles. The van der Waals surface area contributed by atoms with Gasteiger partial charge < -0.3 is 20.6 Å². The largest absolute Gasteiger partial charge is 0.396 e. The minimum absolute atomic E-state index is 0.668. The predicted molar refractivity (Wildman–Crippen MR) is 155 cm³/mol. The number of nitrogen functional groups attached to an aromatic ring is 2. The van der Waals surface area contributed by atoms with Crippen molar-refractivity contribution in [2.75, 3.05) is 11.5 Å². The Morgan fingerprint density at radius 2 is 1.03 bits per heavy atom. The van der Waals surface area contributed by atoms with Crippen LogP contribution in [-0.2, 0) is 0 Å². The predicted octanol–water partition coefficient (Wildman–Crippen LogP) is 6.86. The van der Waals surface area contributed by atoms with Gasteiger partial charge in [-0.15, -0.1) is 0 Å². The number of aromatic nitrogens is 4. The molecule has 0 saturated heterocycles. The maximum Gasteiger partial charge on any atom is 0.0964 e. The lowest BCUT2D eigenvalue weighted by molar-refractivity contribution is 1.06. The van der Waals surface area contributed by atoms with Crippen LogP contribution in [0.4, 0.5) is 11.4 Å². The molecule has 4 aromatic heterocycles. The second kappa shape index (κ2) is 8.64. The van der Waals surface area contributed by atoms with Gasteiger partial charge in [0.2, 0.25) is 0 Å². The van der Waals surface area contributed by atoms with Gasteiger partial charge >= 0.3 is 0 Å². The number of hydrogen-bond donors (Lipinski definition) is 2. The molecule has 0 amide bonds. The summed E-state index contributed by atoms with van der Waals surface area (Å²) in [5.74, 6) is 0. The molecule has 0 aliphatic heterocycles. The molecular weight excluding hydrogens is 468 g/mol. The third kappa shape index (κ3) is 3.28. The van der Waals surface area contributed by atoms with Gasteiger partial charge in [0.15, 0.2) is 0 Å². The summed E-state index contributed by atoms with van der Waals surface area (Å²) in [5.41, 5.74) is 22.4. The Morgan fingerprint density at radius 1 is 0.474 bits per heavy atom. The smallest absolute Gasteiger partial charge is 0.0964 e. The molecule has 6 heteroatoms. The monoisotopic (exact) mass is 492 g/mol. The quantitative estimate of drug-likeness (QED) is 0.281. The first-order valence-corrected chi connectivity index (χ1v) is 12.4. The summed E-state index contributed by atoms with van der Waals surface area (Å²) in [6.45, 7) is 0. The second-order valence-electron chi connectivity index (χ2n) is 9.18. The number of nitrogens with two attached hydrogens (primary N) is 2. The molecule has 0 aliphatic carbocycles. The minimum atomic E-state index is 0.668. The number of hydrogen-bond acceptors (Lipinski definition) is 4. The maximum absolute atomic E-state index is 6.95. The van der Waals surface area contributed by atoms with E-state index in [1.807, 2.05) is 79.0 Å². The number of benzene rings is 3. The molecule has 3 aromatic carbocycles. The summed E-state index contributed by atoms with van der Waals surface area (Å²) in [5, 5.41) is 1.94. The zero-order chi connectivity index (χ0) is 25.6. The van der Waals surface area contributed by atoms with Crippen LogP contribution in [0.3, 0.4) is 0 Å². The number of pyridine rings is 2. The lowest BCUT2D eigenvalue weighted by atomic mass is 10.1. The van der Waals surface area contributed by atoms with Gasteiger partial charge in [-0.1, -0.05) is 60.7 Å². The van der Waals surface area contributed by atoms with E-state index in [1.165, 1.54) is 0 Å². The Kier molecular flexibility index (Phi) is 4.97. The zero-order valence-electron chi connectivity index (χ0n) is 20.5. The van der Waals surface area contributed by atoms with Gasteiger partial charge in [-0.2, -0.15) is 0 Å². The van der Waals surface area contributed by atoms with Gasteiger partial charge in [-0.05, 0) is 48.5 Å². The molecule has 0 aliphatic rings. The van der Waals surface area contributed by atoms with E-state index in [4.69, 9.17) is 16.5 Å². The van der Waals surface area contributed by atoms with E-state index in [9.17, 15) is 0 Å². The number of rotatable bonds is 4. The normalized spacial score (nSPS) is 11.4. The minimum Gasteiger partial charge on any atom is -0.396 e. The van der Waals surface area contributed by atoms with E-state index in [2.05, 4.69) is 50.5 Å². The van der Waals surface area contributed by atoms with Crippen LogP contribution in [0.1, 0.15) is 0 Å². The molecule has 0 bridgehead atoms. The Balaban J connectivity index is 1.55. The van der Waals surface area contributed by atoms with E-state index < -0.39 is 0 Å². The molecule has 4 N–H and O–H groups in total. The van der Waals surface area contributed by atoms with Crippen LogP contribution in [0.25, 0.3) is 56.0 Å². The number of para-hydroxylation sites is 3. The Labute approximate surface area is 219 Å². The van der Waals surface area contributed by atoms with Crippen molar-refractivity contribution in [2.45, 2.75) is 0 Å². The lowest BCUT2D eigenvalue weighted by Gasteiger charge is -2.16. The van der Waals surface area contributed by atoms with E-state index in [1.54, 1.807) is 6.20 Å². The number of anilines is 2. The van der Waals surface area contributed by atoms with E-state index in [-0.39, 0.29) is 0 Å². The highest BCUT2D eigenvalue weighted by Gasteiger charge is 2.26. The maximum atomic E-state index is 6.95. The molecule has 0 fully saturated rings. The summed E-state index contributed by atoms with van der Waals surface area (Å²) < 4.78 is 4.35. The van der Waals surface area contributed by atoms with Crippen molar-refractivity contribution in [3.63, 3.8) is 0 Å². The van der Waals surface area contributed by atoms with Crippen LogP contribution < -0.4 is 11.5 Å². The Morgan fingerprint density at radius 3 is 1.61 bits per heavy atom. The summed E-state index contributed by atoms with van der Waals surface area (Å²) in [6, 6.07) is 36.4. The molecule has 0 spiro atoms. The highest BCUT2D eigenvalue weighted by molar-refractivity contribution is 6.09. The van der Waals surface area contributed by atoms with E-state index >= 15 is 0 Å². The SMILES string of the molecule is Nc1c(-c2c(N)c3ccccc3n2-c2ccc(-c3ccccn3)nc2)n(-c2ccccc2)c2ccccc12. The first kappa shape index (κ1) is 21.9. The Hall–Kier alpha value is -5.36. The van der Waals surface area contributed by atoms with Crippen LogP contribution in [0.2, 0.25) is 0 Å². The molecule has 0 unspecified atom stereocenters. The molecule has 182 valence electrons. The van der Waals surface area contributed by atoms with Crippen LogP contribution in [0.15, 0.2) is 122 Å².